The number of hydrogen-bond donors (Lipinski definition) is 4. The standard InChI is InChI=1S/C10H9NO3S2/c11-10-8(16-14)4-7(15-13)5-2-1-3-6(12)9(5)10/h1-4,12-14H,11H2. The first-order valence-electron chi connectivity index (χ1n) is 4.36. The smallest absolute Gasteiger partial charge is 0.125 e. The lowest BCUT2D eigenvalue weighted by Crippen LogP contribution is -1.92. The van der Waals surface area contributed by atoms with Crippen molar-refractivity contribution in [2.45, 2.75) is 9.79 Å². The quantitative estimate of drug-likeness (QED) is 0.487. The van der Waals surface area contributed by atoms with Gasteiger partial charge in [0.25, 0.3) is 0 Å². The van der Waals surface area contributed by atoms with Gasteiger partial charge in [-0.05, 0) is 12.1 Å². The summed E-state index contributed by atoms with van der Waals surface area (Å²) in [5, 5.41) is 10.8. The molecule has 0 unspecified atom stereocenters. The number of hydrogen-bond acceptors (Lipinski definition) is 6. The number of phenols is 1. The van der Waals surface area contributed by atoms with Crippen molar-refractivity contribution >= 4 is 40.5 Å². The number of nitrogen functional groups attached to an aromatic ring is 1. The fourth-order valence-electron chi connectivity index (χ4n) is 1.58. The molecular weight excluding hydrogens is 246 g/mol. The Hall–Kier alpha value is -1.08. The van der Waals surface area contributed by atoms with Crippen LogP contribution in [-0.2, 0) is 0 Å². The van der Waals surface area contributed by atoms with Gasteiger partial charge in [-0.1, -0.05) is 12.1 Å². The molecule has 0 heterocycles. The molecule has 0 saturated carbocycles. The second-order valence-corrected chi connectivity index (χ2v) is 4.41. The van der Waals surface area contributed by atoms with Crippen LogP contribution in [0.4, 0.5) is 5.69 Å². The first-order chi connectivity index (χ1) is 7.69. The molecule has 0 amide bonds. The van der Waals surface area contributed by atoms with Crippen molar-refractivity contribution in [3.63, 3.8) is 0 Å². The second kappa shape index (κ2) is 4.42. The lowest BCUT2D eigenvalue weighted by molar-refractivity contribution is 0.481. The lowest BCUT2D eigenvalue weighted by atomic mass is 10.1. The van der Waals surface area contributed by atoms with Crippen LogP contribution in [0, 0.1) is 0 Å². The molecule has 0 aromatic heterocycles. The van der Waals surface area contributed by atoms with Crippen LogP contribution in [0.2, 0.25) is 0 Å². The molecule has 0 aliphatic heterocycles. The van der Waals surface area contributed by atoms with Gasteiger partial charge < -0.3 is 19.9 Å². The van der Waals surface area contributed by atoms with Gasteiger partial charge in [0, 0.05) is 39.8 Å². The molecule has 16 heavy (non-hydrogen) atoms. The SMILES string of the molecule is Nc1c(SO)cc(SO)c2cccc(O)c12. The zero-order valence-electron chi connectivity index (χ0n) is 8.04. The summed E-state index contributed by atoms with van der Waals surface area (Å²) in [5.74, 6) is 0.0289. The Morgan fingerprint density at radius 2 is 1.75 bits per heavy atom. The summed E-state index contributed by atoms with van der Waals surface area (Å²) in [7, 11) is 0. The van der Waals surface area contributed by atoms with Crippen LogP contribution < -0.4 is 5.73 Å². The average molecular weight is 255 g/mol. The minimum absolute atomic E-state index is 0.0289. The first-order valence-corrected chi connectivity index (χ1v) is 5.90. The molecule has 2 rings (SSSR count). The van der Waals surface area contributed by atoms with Gasteiger partial charge in [-0.2, -0.15) is 0 Å². The van der Waals surface area contributed by atoms with Gasteiger partial charge in [-0.25, -0.2) is 0 Å². The van der Waals surface area contributed by atoms with E-state index in [0.29, 0.717) is 50.3 Å². The molecule has 2 aromatic carbocycles. The van der Waals surface area contributed by atoms with E-state index in [4.69, 9.17) is 14.8 Å². The first kappa shape index (κ1) is 11.4. The minimum atomic E-state index is 0.0289. The van der Waals surface area contributed by atoms with Gasteiger partial charge in [0.05, 0.1) is 10.6 Å². The van der Waals surface area contributed by atoms with Crippen molar-refractivity contribution < 1.29 is 14.2 Å². The Balaban J connectivity index is 2.91. The van der Waals surface area contributed by atoms with Crippen LogP contribution in [0.3, 0.4) is 0 Å². The average Bonchev–Trinajstić information content (AvgIpc) is 2.30. The van der Waals surface area contributed by atoms with Crippen molar-refractivity contribution in [1.82, 2.24) is 0 Å². The number of nitrogens with two attached hydrogens (primary N) is 1. The molecule has 4 nitrogen and oxygen atoms in total. The van der Waals surface area contributed by atoms with Crippen molar-refractivity contribution in [3.05, 3.63) is 24.3 Å². The predicted molar refractivity (Wildman–Crippen MR) is 67.0 cm³/mol. The van der Waals surface area contributed by atoms with Crippen molar-refractivity contribution in [1.29, 1.82) is 0 Å². The third-order valence-corrected chi connectivity index (χ3v) is 3.37. The molecule has 84 valence electrons. The molecule has 0 aliphatic carbocycles. The molecule has 0 atom stereocenters. The highest BCUT2D eigenvalue weighted by molar-refractivity contribution is 7.94. The maximum Gasteiger partial charge on any atom is 0.125 e. The van der Waals surface area contributed by atoms with Crippen LogP contribution in [0.5, 0.6) is 5.75 Å². The summed E-state index contributed by atoms with van der Waals surface area (Å²) in [5.41, 5.74) is 6.13. The predicted octanol–water partition coefficient (Wildman–Crippen LogP) is 3.26. The Kier molecular flexibility index (Phi) is 3.15. The Labute approximate surface area is 100 Å². The normalized spacial score (nSPS) is 10.9. The van der Waals surface area contributed by atoms with E-state index in [0.717, 1.165) is 0 Å². The molecular formula is C10H9NO3S2. The van der Waals surface area contributed by atoms with Gasteiger partial charge >= 0.3 is 0 Å². The fourth-order valence-corrected chi connectivity index (χ4v) is 2.46. The second-order valence-electron chi connectivity index (χ2n) is 3.17. The maximum atomic E-state index is 9.73. The zero-order valence-corrected chi connectivity index (χ0v) is 9.68. The highest BCUT2D eigenvalue weighted by Gasteiger charge is 2.13. The Bertz CT molecular complexity index is 545. The van der Waals surface area contributed by atoms with Crippen molar-refractivity contribution in [2.75, 3.05) is 5.73 Å². The van der Waals surface area contributed by atoms with E-state index < -0.39 is 0 Å². The topological polar surface area (TPSA) is 86.7 Å². The number of benzene rings is 2. The molecule has 0 spiro atoms. The summed E-state index contributed by atoms with van der Waals surface area (Å²) in [6, 6.07) is 6.50. The summed E-state index contributed by atoms with van der Waals surface area (Å²) >= 11 is 1.04. The molecule has 0 bridgehead atoms. The number of aromatic hydroxyl groups is 1. The van der Waals surface area contributed by atoms with E-state index in [9.17, 15) is 5.11 Å². The molecule has 2 aromatic rings. The van der Waals surface area contributed by atoms with Gasteiger partial charge in [-0.3, -0.25) is 0 Å². The molecule has 0 aliphatic rings. The number of rotatable bonds is 2. The summed E-state index contributed by atoms with van der Waals surface area (Å²) in [6.07, 6.45) is 0. The monoisotopic (exact) mass is 255 g/mol. The van der Waals surface area contributed by atoms with E-state index in [1.807, 2.05) is 0 Å². The van der Waals surface area contributed by atoms with Gasteiger partial charge in [0.1, 0.15) is 5.75 Å². The Morgan fingerprint density at radius 1 is 1.06 bits per heavy atom. The van der Waals surface area contributed by atoms with Gasteiger partial charge in [0.15, 0.2) is 0 Å². The van der Waals surface area contributed by atoms with Crippen LogP contribution >= 0.6 is 24.1 Å². The summed E-state index contributed by atoms with van der Waals surface area (Å²) in [4.78, 5) is 0.946. The fraction of sp³-hybridized carbons (Fsp3) is 0. The zero-order chi connectivity index (χ0) is 11.7. The van der Waals surface area contributed by atoms with Crippen LogP contribution in [-0.4, -0.2) is 14.2 Å². The van der Waals surface area contributed by atoms with Gasteiger partial charge in [0.2, 0.25) is 0 Å². The van der Waals surface area contributed by atoms with E-state index in [1.165, 1.54) is 6.07 Å². The lowest BCUT2D eigenvalue weighted by Gasteiger charge is -2.10. The maximum absolute atomic E-state index is 9.73. The molecule has 5 N–H and O–H groups in total. The Morgan fingerprint density at radius 3 is 2.38 bits per heavy atom. The summed E-state index contributed by atoms with van der Waals surface area (Å²) in [6.45, 7) is 0. The van der Waals surface area contributed by atoms with Crippen LogP contribution in [0.25, 0.3) is 10.8 Å². The highest BCUT2D eigenvalue weighted by Crippen LogP contribution is 2.40. The third-order valence-electron chi connectivity index (χ3n) is 2.30. The minimum Gasteiger partial charge on any atom is -0.507 e. The number of phenolic OH excluding ortho intramolecular Hbond substituents is 1. The third kappa shape index (κ3) is 1.69. The molecule has 6 heteroatoms. The largest absolute Gasteiger partial charge is 0.507 e. The van der Waals surface area contributed by atoms with Crippen LogP contribution in [0.15, 0.2) is 34.1 Å². The molecule has 0 radical (unpaired) electrons. The van der Waals surface area contributed by atoms with E-state index in [-0.39, 0.29) is 5.75 Å². The number of anilines is 1. The molecule has 0 fully saturated rings. The highest BCUT2D eigenvalue weighted by atomic mass is 32.2. The number of fused-ring (bicyclic) bond motifs is 1. The van der Waals surface area contributed by atoms with E-state index in [1.54, 1.807) is 18.2 Å². The van der Waals surface area contributed by atoms with Crippen LogP contribution in [0.1, 0.15) is 0 Å². The van der Waals surface area contributed by atoms with Crippen molar-refractivity contribution in [2.24, 2.45) is 0 Å². The van der Waals surface area contributed by atoms with E-state index >= 15 is 0 Å². The van der Waals surface area contributed by atoms with Crippen molar-refractivity contribution in [3.8, 4) is 5.75 Å². The molecule has 0 saturated heterocycles. The van der Waals surface area contributed by atoms with E-state index in [2.05, 4.69) is 0 Å². The summed E-state index contributed by atoms with van der Waals surface area (Å²) < 4.78 is 18.2. The van der Waals surface area contributed by atoms with Gasteiger partial charge in [-0.15, -0.1) is 0 Å².